The van der Waals surface area contributed by atoms with Gasteiger partial charge in [-0.2, -0.15) is 0 Å². The lowest BCUT2D eigenvalue weighted by molar-refractivity contribution is -0.135. The summed E-state index contributed by atoms with van der Waals surface area (Å²) in [6.07, 6.45) is 7.49. The first-order chi connectivity index (χ1) is 10.4. The number of rotatable bonds is 0. The fraction of sp³-hybridized carbons (Fsp3) is 1.00. The third-order valence-electron chi connectivity index (χ3n) is 8.61. The van der Waals surface area contributed by atoms with Gasteiger partial charge >= 0.3 is 0 Å². The molecule has 22 heavy (non-hydrogen) atoms. The first kappa shape index (κ1) is 15.4. The predicted octanol–water partition coefficient (Wildman–Crippen LogP) is 2.72. The van der Waals surface area contributed by atoms with E-state index < -0.39 is 12.2 Å². The molecule has 4 rings (SSSR count). The molecule has 0 radical (unpaired) electrons. The molecule has 0 unspecified atom stereocenters. The van der Waals surface area contributed by atoms with Crippen LogP contribution in [0.1, 0.15) is 65.2 Å². The standard InChI is InChI=1S/C19H32O3/c1-18-7-5-12(20)9-11(18)3-4-13-14(18)6-8-19(2)15(13)10-16(21)17(19)22/h11-17,20-22H,3-10H2,1-2H3/t11-,12-,13-,14-,15-,16-,17+,18+,19+/m1/s1. The molecule has 0 aromatic carbocycles. The Balaban J connectivity index is 1.63. The van der Waals surface area contributed by atoms with Crippen LogP contribution < -0.4 is 0 Å². The molecular formula is C19H32O3. The quantitative estimate of drug-likeness (QED) is 0.645. The second-order valence-corrected chi connectivity index (χ2v) is 9.38. The maximum atomic E-state index is 10.5. The van der Waals surface area contributed by atoms with Crippen LogP contribution in [0, 0.1) is 34.5 Å². The lowest BCUT2D eigenvalue weighted by atomic mass is 9.45. The second-order valence-electron chi connectivity index (χ2n) is 9.38. The fourth-order valence-corrected chi connectivity index (χ4v) is 7.22. The Hall–Kier alpha value is -0.120. The molecule has 4 saturated carbocycles. The number of hydrogen-bond acceptors (Lipinski definition) is 3. The second kappa shape index (κ2) is 4.94. The lowest BCUT2D eigenvalue weighted by Gasteiger charge is -2.60. The van der Waals surface area contributed by atoms with Gasteiger partial charge in [0, 0.05) is 0 Å². The Morgan fingerprint density at radius 1 is 0.773 bits per heavy atom. The molecule has 0 spiro atoms. The smallest absolute Gasteiger partial charge is 0.0855 e. The Labute approximate surface area is 134 Å². The van der Waals surface area contributed by atoms with Crippen molar-refractivity contribution in [1.29, 1.82) is 0 Å². The van der Waals surface area contributed by atoms with Gasteiger partial charge in [0.05, 0.1) is 18.3 Å². The highest BCUT2D eigenvalue weighted by atomic mass is 16.3. The van der Waals surface area contributed by atoms with E-state index in [2.05, 4.69) is 13.8 Å². The highest BCUT2D eigenvalue weighted by Crippen LogP contribution is 2.66. The summed E-state index contributed by atoms with van der Waals surface area (Å²) in [5.74, 6) is 2.57. The minimum Gasteiger partial charge on any atom is -0.393 e. The monoisotopic (exact) mass is 308 g/mol. The summed E-state index contributed by atoms with van der Waals surface area (Å²) < 4.78 is 0. The largest absolute Gasteiger partial charge is 0.393 e. The molecule has 0 amide bonds. The topological polar surface area (TPSA) is 60.7 Å². The Bertz CT molecular complexity index is 452. The maximum absolute atomic E-state index is 10.5. The number of aliphatic hydroxyl groups excluding tert-OH is 3. The van der Waals surface area contributed by atoms with Gasteiger partial charge in [-0.3, -0.25) is 0 Å². The molecule has 4 aliphatic rings. The van der Waals surface area contributed by atoms with Crippen molar-refractivity contribution in [2.45, 2.75) is 83.5 Å². The third-order valence-corrected chi connectivity index (χ3v) is 8.61. The molecule has 0 saturated heterocycles. The maximum Gasteiger partial charge on any atom is 0.0855 e. The first-order valence-corrected chi connectivity index (χ1v) is 9.40. The molecule has 3 N–H and O–H groups in total. The number of fused-ring (bicyclic) bond motifs is 5. The van der Waals surface area contributed by atoms with Crippen molar-refractivity contribution >= 4 is 0 Å². The van der Waals surface area contributed by atoms with Gasteiger partial charge in [0.2, 0.25) is 0 Å². The minimum absolute atomic E-state index is 0.0715. The van der Waals surface area contributed by atoms with Gasteiger partial charge in [-0.25, -0.2) is 0 Å². The summed E-state index contributed by atoms with van der Waals surface area (Å²) in [6.45, 7) is 4.69. The van der Waals surface area contributed by atoms with Crippen LogP contribution in [0.25, 0.3) is 0 Å². The van der Waals surface area contributed by atoms with Crippen LogP contribution in [0.2, 0.25) is 0 Å². The van der Waals surface area contributed by atoms with E-state index in [1.54, 1.807) is 0 Å². The number of aliphatic hydroxyl groups is 3. The summed E-state index contributed by atoms with van der Waals surface area (Å²) in [4.78, 5) is 0. The van der Waals surface area contributed by atoms with Crippen molar-refractivity contribution in [3.05, 3.63) is 0 Å². The zero-order valence-electron chi connectivity index (χ0n) is 14.0. The van der Waals surface area contributed by atoms with Crippen molar-refractivity contribution in [2.24, 2.45) is 34.5 Å². The first-order valence-electron chi connectivity index (χ1n) is 9.40. The highest BCUT2D eigenvalue weighted by molar-refractivity contribution is 5.11. The normalized spacial score (nSPS) is 61.2. The average molecular weight is 308 g/mol. The van der Waals surface area contributed by atoms with Gasteiger partial charge in [-0.1, -0.05) is 13.8 Å². The van der Waals surface area contributed by atoms with E-state index >= 15 is 0 Å². The molecule has 0 aliphatic heterocycles. The van der Waals surface area contributed by atoms with Gasteiger partial charge in [0.1, 0.15) is 0 Å². The van der Waals surface area contributed by atoms with Gasteiger partial charge in [-0.05, 0) is 85.9 Å². The van der Waals surface area contributed by atoms with Crippen molar-refractivity contribution < 1.29 is 15.3 Å². The molecule has 0 aromatic rings. The molecular weight excluding hydrogens is 276 g/mol. The Morgan fingerprint density at radius 2 is 1.50 bits per heavy atom. The van der Waals surface area contributed by atoms with Gasteiger partial charge < -0.3 is 15.3 Å². The Kier molecular flexibility index (Phi) is 3.46. The van der Waals surface area contributed by atoms with Crippen LogP contribution in [-0.4, -0.2) is 33.6 Å². The van der Waals surface area contributed by atoms with Crippen molar-refractivity contribution in [3.63, 3.8) is 0 Å². The van der Waals surface area contributed by atoms with Gasteiger partial charge in [-0.15, -0.1) is 0 Å². The molecule has 4 fully saturated rings. The van der Waals surface area contributed by atoms with Gasteiger partial charge in [0.15, 0.2) is 0 Å². The zero-order chi connectivity index (χ0) is 15.7. The third kappa shape index (κ3) is 1.91. The summed E-state index contributed by atoms with van der Waals surface area (Å²) in [7, 11) is 0. The molecule has 3 heteroatoms. The summed E-state index contributed by atoms with van der Waals surface area (Å²) in [5.41, 5.74) is 0.305. The van der Waals surface area contributed by atoms with E-state index in [0.29, 0.717) is 23.2 Å². The van der Waals surface area contributed by atoms with Crippen LogP contribution >= 0.6 is 0 Å². The zero-order valence-corrected chi connectivity index (χ0v) is 14.0. The summed E-state index contributed by atoms with van der Waals surface area (Å²) >= 11 is 0. The van der Waals surface area contributed by atoms with E-state index in [1.807, 2.05) is 0 Å². The van der Waals surface area contributed by atoms with Crippen LogP contribution in [0.3, 0.4) is 0 Å². The molecule has 0 aromatic heterocycles. The molecule has 0 bridgehead atoms. The van der Waals surface area contributed by atoms with Crippen LogP contribution in [0.15, 0.2) is 0 Å². The fourth-order valence-electron chi connectivity index (χ4n) is 7.22. The van der Waals surface area contributed by atoms with Crippen LogP contribution in [0.5, 0.6) is 0 Å². The van der Waals surface area contributed by atoms with Crippen LogP contribution in [0.4, 0.5) is 0 Å². The van der Waals surface area contributed by atoms with Crippen molar-refractivity contribution in [1.82, 2.24) is 0 Å². The van der Waals surface area contributed by atoms with E-state index in [-0.39, 0.29) is 11.5 Å². The number of hydrogen-bond donors (Lipinski definition) is 3. The molecule has 3 nitrogen and oxygen atoms in total. The lowest BCUT2D eigenvalue weighted by Crippen LogP contribution is -2.54. The summed E-state index contributed by atoms with van der Waals surface area (Å²) in [5, 5.41) is 30.8. The van der Waals surface area contributed by atoms with E-state index in [4.69, 9.17) is 0 Å². The van der Waals surface area contributed by atoms with Crippen LogP contribution in [-0.2, 0) is 0 Å². The Morgan fingerprint density at radius 3 is 2.27 bits per heavy atom. The molecule has 4 aliphatic carbocycles. The SMILES string of the molecule is C[C@]12CC[C@@H](O)C[C@H]1CC[C@@H]1[C@H]2CC[C@@]2(C)[C@@H]1C[C@@H](O)[C@@H]2O. The average Bonchev–Trinajstić information content (AvgIpc) is 2.72. The predicted molar refractivity (Wildman–Crippen MR) is 85.1 cm³/mol. The van der Waals surface area contributed by atoms with E-state index in [1.165, 1.54) is 19.3 Å². The van der Waals surface area contributed by atoms with Crippen molar-refractivity contribution in [2.75, 3.05) is 0 Å². The van der Waals surface area contributed by atoms with E-state index in [9.17, 15) is 15.3 Å². The van der Waals surface area contributed by atoms with Crippen molar-refractivity contribution in [3.8, 4) is 0 Å². The summed E-state index contributed by atoms with van der Waals surface area (Å²) in [6, 6.07) is 0. The van der Waals surface area contributed by atoms with E-state index in [0.717, 1.165) is 38.0 Å². The van der Waals surface area contributed by atoms with Gasteiger partial charge in [0.25, 0.3) is 0 Å². The molecule has 126 valence electrons. The molecule has 0 heterocycles. The highest BCUT2D eigenvalue weighted by Gasteiger charge is 2.61. The molecule has 9 atom stereocenters. The minimum atomic E-state index is -0.530.